The van der Waals surface area contributed by atoms with Gasteiger partial charge in [0.25, 0.3) is 5.56 Å². The Kier molecular flexibility index (Phi) is 4.41. The second kappa shape index (κ2) is 6.64. The van der Waals surface area contributed by atoms with E-state index in [2.05, 4.69) is 15.3 Å². The minimum absolute atomic E-state index is 0.00578. The number of benzene rings is 1. The fraction of sp³-hybridized carbons (Fsp3) is 0.353. The molecule has 1 fully saturated rings. The van der Waals surface area contributed by atoms with Crippen molar-refractivity contribution < 1.29 is 4.79 Å². The van der Waals surface area contributed by atoms with E-state index in [0.29, 0.717) is 5.82 Å². The molecular weight excluding hydrogens is 292 g/mol. The molecule has 0 aliphatic carbocycles. The first-order valence-corrected chi connectivity index (χ1v) is 7.79. The molecule has 2 heterocycles. The molecule has 2 aromatic rings. The van der Waals surface area contributed by atoms with E-state index in [-0.39, 0.29) is 17.4 Å². The van der Waals surface area contributed by atoms with Gasteiger partial charge in [0, 0.05) is 30.8 Å². The van der Waals surface area contributed by atoms with Gasteiger partial charge in [-0.2, -0.15) is 0 Å². The van der Waals surface area contributed by atoms with E-state index >= 15 is 0 Å². The molecule has 1 aliphatic heterocycles. The number of rotatable bonds is 3. The summed E-state index contributed by atoms with van der Waals surface area (Å²) in [6.07, 6.45) is 2.92. The van der Waals surface area contributed by atoms with Crippen LogP contribution >= 0.6 is 0 Å². The van der Waals surface area contributed by atoms with Crippen LogP contribution in [0.3, 0.4) is 0 Å². The largest absolute Gasteiger partial charge is 0.356 e. The molecule has 6 nitrogen and oxygen atoms in total. The number of hydrogen-bond donors (Lipinski definition) is 2. The predicted octanol–water partition coefficient (Wildman–Crippen LogP) is 1.93. The van der Waals surface area contributed by atoms with Gasteiger partial charge < -0.3 is 15.2 Å². The van der Waals surface area contributed by atoms with Gasteiger partial charge in [-0.3, -0.25) is 9.59 Å². The quantitative estimate of drug-likeness (QED) is 0.908. The maximum Gasteiger partial charge on any atom is 0.252 e. The van der Waals surface area contributed by atoms with E-state index in [0.717, 1.165) is 37.2 Å². The van der Waals surface area contributed by atoms with Gasteiger partial charge in [-0.15, -0.1) is 0 Å². The lowest BCUT2D eigenvalue weighted by Crippen LogP contribution is -2.39. The first-order valence-electron chi connectivity index (χ1n) is 7.79. The van der Waals surface area contributed by atoms with Crippen molar-refractivity contribution in [1.82, 2.24) is 9.97 Å². The van der Waals surface area contributed by atoms with E-state index < -0.39 is 0 Å². The number of aromatic nitrogens is 2. The highest BCUT2D eigenvalue weighted by molar-refractivity contribution is 5.92. The van der Waals surface area contributed by atoms with Crippen LogP contribution in [0, 0.1) is 12.8 Å². The van der Waals surface area contributed by atoms with Crippen LogP contribution in [0.4, 0.5) is 11.5 Å². The second-order valence-corrected chi connectivity index (χ2v) is 5.89. The number of carbonyl (C=O) groups is 1. The summed E-state index contributed by atoms with van der Waals surface area (Å²) in [5.41, 5.74) is 1.81. The fourth-order valence-electron chi connectivity index (χ4n) is 2.87. The van der Waals surface area contributed by atoms with Gasteiger partial charge >= 0.3 is 0 Å². The van der Waals surface area contributed by atoms with Crippen LogP contribution in [0.15, 0.2) is 41.5 Å². The van der Waals surface area contributed by atoms with Crippen LogP contribution in [-0.2, 0) is 4.79 Å². The van der Waals surface area contributed by atoms with Crippen molar-refractivity contribution >= 4 is 17.4 Å². The summed E-state index contributed by atoms with van der Waals surface area (Å²) in [4.78, 5) is 32.5. The molecule has 1 amide bonds. The third-order valence-corrected chi connectivity index (χ3v) is 4.14. The van der Waals surface area contributed by atoms with E-state index in [1.807, 2.05) is 36.1 Å². The number of aromatic amines is 1. The van der Waals surface area contributed by atoms with Crippen molar-refractivity contribution in [1.29, 1.82) is 0 Å². The first-order chi connectivity index (χ1) is 11.1. The number of nitrogens with one attached hydrogen (secondary N) is 2. The lowest BCUT2D eigenvalue weighted by Gasteiger charge is -2.31. The van der Waals surface area contributed by atoms with Crippen LogP contribution in [0.1, 0.15) is 18.4 Å². The van der Waals surface area contributed by atoms with Crippen molar-refractivity contribution in [3.63, 3.8) is 0 Å². The number of nitrogens with zero attached hydrogens (tertiary/aromatic N) is 2. The summed E-state index contributed by atoms with van der Waals surface area (Å²) in [5.74, 6) is 0.731. The Morgan fingerprint density at radius 1 is 1.30 bits per heavy atom. The van der Waals surface area contributed by atoms with Crippen molar-refractivity contribution in [2.45, 2.75) is 19.8 Å². The van der Waals surface area contributed by atoms with Crippen molar-refractivity contribution in [3.8, 4) is 0 Å². The molecule has 0 atom stereocenters. The molecule has 120 valence electrons. The molecule has 0 radical (unpaired) electrons. The number of amides is 1. The molecule has 2 N–H and O–H groups in total. The molecule has 1 aliphatic rings. The summed E-state index contributed by atoms with van der Waals surface area (Å²) in [5, 5.41) is 2.99. The maximum atomic E-state index is 12.4. The number of carbonyl (C=O) groups excluding carboxylic acids is 1. The molecule has 0 spiro atoms. The molecule has 1 saturated heterocycles. The first kappa shape index (κ1) is 15.3. The van der Waals surface area contributed by atoms with Gasteiger partial charge in [0.05, 0.1) is 6.33 Å². The summed E-state index contributed by atoms with van der Waals surface area (Å²) < 4.78 is 0. The van der Waals surface area contributed by atoms with Crippen LogP contribution in [0.2, 0.25) is 0 Å². The Morgan fingerprint density at radius 2 is 2.09 bits per heavy atom. The summed E-state index contributed by atoms with van der Waals surface area (Å²) in [6.45, 7) is 3.45. The number of aryl methyl sites for hydroxylation is 1. The lowest BCUT2D eigenvalue weighted by molar-refractivity contribution is -0.120. The Labute approximate surface area is 134 Å². The standard InChI is InChI=1S/C17H20N4O2/c1-12-3-2-4-14(9-12)20-17(23)13-5-7-21(8-6-13)15-10-16(22)19-11-18-15/h2-4,9-11,13H,5-8H2,1H3,(H,20,23)(H,18,19,22). The van der Waals surface area contributed by atoms with Gasteiger partial charge in [0.2, 0.25) is 5.91 Å². The maximum absolute atomic E-state index is 12.4. The van der Waals surface area contributed by atoms with Crippen molar-refractivity contribution in [3.05, 3.63) is 52.6 Å². The number of piperidine rings is 1. The molecular formula is C17H20N4O2. The van der Waals surface area contributed by atoms with Crippen molar-refractivity contribution in [2.75, 3.05) is 23.3 Å². The summed E-state index contributed by atoms with van der Waals surface area (Å²) >= 11 is 0. The van der Waals surface area contributed by atoms with Crippen LogP contribution < -0.4 is 15.8 Å². The third-order valence-electron chi connectivity index (χ3n) is 4.14. The molecule has 0 bridgehead atoms. The SMILES string of the molecule is Cc1cccc(NC(=O)C2CCN(c3cc(=O)[nH]cn3)CC2)c1. The van der Waals surface area contributed by atoms with Crippen LogP contribution in [-0.4, -0.2) is 29.0 Å². The zero-order valence-corrected chi connectivity index (χ0v) is 13.1. The van der Waals surface area contributed by atoms with Gasteiger partial charge in [-0.25, -0.2) is 4.98 Å². The number of H-pyrrole nitrogens is 1. The Balaban J connectivity index is 1.58. The number of anilines is 2. The molecule has 0 unspecified atom stereocenters. The lowest BCUT2D eigenvalue weighted by atomic mass is 9.95. The smallest absolute Gasteiger partial charge is 0.252 e. The highest BCUT2D eigenvalue weighted by Gasteiger charge is 2.25. The number of hydrogen-bond acceptors (Lipinski definition) is 4. The molecule has 6 heteroatoms. The molecule has 3 rings (SSSR count). The van der Waals surface area contributed by atoms with Crippen LogP contribution in [0.25, 0.3) is 0 Å². The summed E-state index contributed by atoms with van der Waals surface area (Å²) in [7, 11) is 0. The molecule has 1 aromatic heterocycles. The van der Waals surface area contributed by atoms with Gasteiger partial charge in [-0.05, 0) is 37.5 Å². The van der Waals surface area contributed by atoms with Crippen molar-refractivity contribution in [2.24, 2.45) is 5.92 Å². The van der Waals surface area contributed by atoms with Gasteiger partial charge in [0.15, 0.2) is 0 Å². The third kappa shape index (κ3) is 3.77. The van der Waals surface area contributed by atoms with E-state index in [9.17, 15) is 9.59 Å². The zero-order chi connectivity index (χ0) is 16.2. The Hall–Kier alpha value is -2.63. The van der Waals surface area contributed by atoms with E-state index in [1.165, 1.54) is 12.4 Å². The molecule has 23 heavy (non-hydrogen) atoms. The second-order valence-electron chi connectivity index (χ2n) is 5.89. The normalized spacial score (nSPS) is 15.4. The summed E-state index contributed by atoms with van der Waals surface area (Å²) in [6, 6.07) is 9.30. The monoisotopic (exact) mass is 312 g/mol. The molecule has 1 aromatic carbocycles. The Bertz CT molecular complexity index is 748. The van der Waals surface area contributed by atoms with Crippen LogP contribution in [0.5, 0.6) is 0 Å². The van der Waals surface area contributed by atoms with E-state index in [1.54, 1.807) is 0 Å². The fourth-order valence-corrected chi connectivity index (χ4v) is 2.87. The van der Waals surface area contributed by atoms with Gasteiger partial charge in [0.1, 0.15) is 5.82 Å². The Morgan fingerprint density at radius 3 is 2.78 bits per heavy atom. The highest BCUT2D eigenvalue weighted by atomic mass is 16.2. The average molecular weight is 312 g/mol. The minimum Gasteiger partial charge on any atom is -0.356 e. The topological polar surface area (TPSA) is 78.1 Å². The average Bonchev–Trinajstić information content (AvgIpc) is 2.55. The van der Waals surface area contributed by atoms with Gasteiger partial charge in [-0.1, -0.05) is 12.1 Å². The molecule has 0 saturated carbocycles. The predicted molar refractivity (Wildman–Crippen MR) is 89.6 cm³/mol. The minimum atomic E-state index is -0.158. The van der Waals surface area contributed by atoms with E-state index in [4.69, 9.17) is 0 Å². The highest BCUT2D eigenvalue weighted by Crippen LogP contribution is 2.22. The zero-order valence-electron chi connectivity index (χ0n) is 13.1.